The van der Waals surface area contributed by atoms with Crippen molar-refractivity contribution in [2.24, 2.45) is 5.92 Å². The summed E-state index contributed by atoms with van der Waals surface area (Å²) in [5.41, 5.74) is 0.449. The SMILES string of the molecule is CC(C)c1nccn1CC1CCN(Cc2cc(F)ccc2F)CC1. The molecule has 0 amide bonds. The van der Waals surface area contributed by atoms with Crippen molar-refractivity contribution < 1.29 is 8.78 Å². The number of hydrogen-bond acceptors (Lipinski definition) is 2. The van der Waals surface area contributed by atoms with Gasteiger partial charge in [-0.1, -0.05) is 13.8 Å². The largest absolute Gasteiger partial charge is 0.334 e. The minimum absolute atomic E-state index is 0.321. The van der Waals surface area contributed by atoms with E-state index in [4.69, 9.17) is 0 Å². The van der Waals surface area contributed by atoms with E-state index in [1.165, 1.54) is 18.2 Å². The Morgan fingerprint density at radius 3 is 2.67 bits per heavy atom. The molecular formula is C19H25F2N3. The van der Waals surface area contributed by atoms with E-state index in [1.807, 2.05) is 6.20 Å². The molecule has 3 nitrogen and oxygen atoms in total. The summed E-state index contributed by atoms with van der Waals surface area (Å²) in [7, 11) is 0. The van der Waals surface area contributed by atoms with Crippen molar-refractivity contribution in [1.29, 1.82) is 0 Å². The molecule has 0 spiro atoms. The highest BCUT2D eigenvalue weighted by molar-refractivity contribution is 5.18. The number of aromatic nitrogens is 2. The normalized spacial score (nSPS) is 16.9. The molecule has 2 heterocycles. The molecule has 0 saturated carbocycles. The number of imidazole rings is 1. The van der Waals surface area contributed by atoms with Crippen LogP contribution in [0.3, 0.4) is 0 Å². The molecule has 130 valence electrons. The van der Waals surface area contributed by atoms with Crippen molar-refractivity contribution in [3.05, 3.63) is 53.6 Å². The van der Waals surface area contributed by atoms with Crippen LogP contribution >= 0.6 is 0 Å². The van der Waals surface area contributed by atoms with Gasteiger partial charge >= 0.3 is 0 Å². The Labute approximate surface area is 142 Å². The first-order valence-corrected chi connectivity index (χ1v) is 8.70. The van der Waals surface area contributed by atoms with Crippen LogP contribution in [0.5, 0.6) is 0 Å². The topological polar surface area (TPSA) is 21.1 Å². The second kappa shape index (κ2) is 7.43. The third kappa shape index (κ3) is 4.01. The Kier molecular flexibility index (Phi) is 5.29. The van der Waals surface area contributed by atoms with Gasteiger partial charge < -0.3 is 4.57 Å². The zero-order valence-electron chi connectivity index (χ0n) is 14.4. The molecule has 1 saturated heterocycles. The van der Waals surface area contributed by atoms with Crippen LogP contribution in [-0.2, 0) is 13.1 Å². The molecule has 1 aliphatic heterocycles. The van der Waals surface area contributed by atoms with Gasteiger partial charge in [0, 0.05) is 37.0 Å². The highest BCUT2D eigenvalue weighted by Crippen LogP contribution is 2.23. The summed E-state index contributed by atoms with van der Waals surface area (Å²) in [6, 6.07) is 3.69. The van der Waals surface area contributed by atoms with Crippen LogP contribution in [0.25, 0.3) is 0 Å². The highest BCUT2D eigenvalue weighted by atomic mass is 19.1. The molecule has 0 bridgehead atoms. The summed E-state index contributed by atoms with van der Waals surface area (Å²) in [6.45, 7) is 7.65. The zero-order chi connectivity index (χ0) is 17.1. The maximum Gasteiger partial charge on any atom is 0.127 e. The Bertz CT molecular complexity index is 673. The summed E-state index contributed by atoms with van der Waals surface area (Å²) in [4.78, 5) is 6.66. The second-order valence-electron chi connectivity index (χ2n) is 7.05. The van der Waals surface area contributed by atoms with Gasteiger partial charge in [0.15, 0.2) is 0 Å². The third-order valence-electron chi connectivity index (χ3n) is 4.83. The average molecular weight is 333 g/mol. The lowest BCUT2D eigenvalue weighted by molar-refractivity contribution is 0.164. The van der Waals surface area contributed by atoms with E-state index in [-0.39, 0.29) is 11.6 Å². The molecule has 0 radical (unpaired) electrons. The van der Waals surface area contributed by atoms with Crippen molar-refractivity contribution in [1.82, 2.24) is 14.5 Å². The molecule has 3 rings (SSSR count). The Morgan fingerprint density at radius 2 is 1.96 bits per heavy atom. The van der Waals surface area contributed by atoms with E-state index in [1.54, 1.807) is 0 Å². The molecule has 2 aromatic rings. The van der Waals surface area contributed by atoms with Gasteiger partial charge in [0.05, 0.1) is 0 Å². The average Bonchev–Trinajstić information content (AvgIpc) is 3.01. The number of halogens is 2. The summed E-state index contributed by atoms with van der Waals surface area (Å²) >= 11 is 0. The number of likely N-dealkylation sites (tertiary alicyclic amines) is 1. The van der Waals surface area contributed by atoms with E-state index in [0.717, 1.165) is 38.3 Å². The van der Waals surface area contributed by atoms with E-state index in [9.17, 15) is 8.78 Å². The third-order valence-corrected chi connectivity index (χ3v) is 4.83. The van der Waals surface area contributed by atoms with Crippen molar-refractivity contribution >= 4 is 0 Å². The van der Waals surface area contributed by atoms with Crippen molar-refractivity contribution in [3.63, 3.8) is 0 Å². The number of benzene rings is 1. The van der Waals surface area contributed by atoms with Gasteiger partial charge in [-0.15, -0.1) is 0 Å². The molecule has 1 aliphatic rings. The second-order valence-corrected chi connectivity index (χ2v) is 7.05. The van der Waals surface area contributed by atoms with Crippen LogP contribution in [0.15, 0.2) is 30.6 Å². The summed E-state index contributed by atoms with van der Waals surface area (Å²) in [5.74, 6) is 1.49. The van der Waals surface area contributed by atoms with Gasteiger partial charge in [0.2, 0.25) is 0 Å². The van der Waals surface area contributed by atoms with Gasteiger partial charge in [-0.2, -0.15) is 0 Å². The maximum atomic E-state index is 13.8. The maximum absolute atomic E-state index is 13.8. The van der Waals surface area contributed by atoms with E-state index in [2.05, 4.69) is 34.5 Å². The highest BCUT2D eigenvalue weighted by Gasteiger charge is 2.21. The van der Waals surface area contributed by atoms with Gasteiger partial charge in [0.1, 0.15) is 17.5 Å². The summed E-state index contributed by atoms with van der Waals surface area (Å²) in [5, 5.41) is 0. The van der Waals surface area contributed by atoms with E-state index in [0.29, 0.717) is 23.9 Å². The summed E-state index contributed by atoms with van der Waals surface area (Å²) in [6.07, 6.45) is 6.08. The van der Waals surface area contributed by atoms with Crippen LogP contribution in [-0.4, -0.2) is 27.5 Å². The van der Waals surface area contributed by atoms with E-state index < -0.39 is 0 Å². The molecule has 0 unspecified atom stereocenters. The minimum Gasteiger partial charge on any atom is -0.334 e. The molecule has 0 N–H and O–H groups in total. The molecule has 5 heteroatoms. The molecule has 0 atom stereocenters. The lowest BCUT2D eigenvalue weighted by Gasteiger charge is -2.32. The van der Waals surface area contributed by atoms with Gasteiger partial charge in [0.25, 0.3) is 0 Å². The van der Waals surface area contributed by atoms with E-state index >= 15 is 0 Å². The first-order valence-electron chi connectivity index (χ1n) is 8.70. The zero-order valence-corrected chi connectivity index (χ0v) is 14.4. The Hall–Kier alpha value is -1.75. The first-order chi connectivity index (χ1) is 11.5. The molecule has 1 fully saturated rings. The van der Waals surface area contributed by atoms with Crippen LogP contribution < -0.4 is 0 Å². The van der Waals surface area contributed by atoms with Gasteiger partial charge in [-0.25, -0.2) is 13.8 Å². The molecular weight excluding hydrogens is 308 g/mol. The van der Waals surface area contributed by atoms with Gasteiger partial charge in [-0.3, -0.25) is 4.90 Å². The minimum atomic E-state index is -0.373. The van der Waals surface area contributed by atoms with Crippen LogP contribution in [0.2, 0.25) is 0 Å². The van der Waals surface area contributed by atoms with Crippen LogP contribution in [0.1, 0.15) is 44.0 Å². The standard InChI is InChI=1S/C19H25F2N3/c1-14(2)19-22-7-10-24(19)12-15-5-8-23(9-6-15)13-16-11-17(20)3-4-18(16)21/h3-4,7,10-11,14-15H,5-6,8-9,12-13H2,1-2H3. The fourth-order valence-corrected chi connectivity index (χ4v) is 3.49. The fraction of sp³-hybridized carbons (Fsp3) is 0.526. The quantitative estimate of drug-likeness (QED) is 0.818. The molecule has 1 aromatic heterocycles. The number of piperidine rings is 1. The summed E-state index contributed by atoms with van der Waals surface area (Å²) < 4.78 is 29.3. The smallest absolute Gasteiger partial charge is 0.127 e. The number of hydrogen-bond donors (Lipinski definition) is 0. The first kappa shape index (κ1) is 17.1. The monoisotopic (exact) mass is 333 g/mol. The molecule has 24 heavy (non-hydrogen) atoms. The molecule has 1 aromatic carbocycles. The lowest BCUT2D eigenvalue weighted by Crippen LogP contribution is -2.35. The predicted molar refractivity (Wildman–Crippen MR) is 90.7 cm³/mol. The number of nitrogens with zero attached hydrogens (tertiary/aromatic N) is 3. The van der Waals surface area contributed by atoms with Gasteiger partial charge in [-0.05, 0) is 50.0 Å². The van der Waals surface area contributed by atoms with Crippen molar-refractivity contribution in [2.75, 3.05) is 13.1 Å². The number of rotatable bonds is 5. The van der Waals surface area contributed by atoms with Crippen molar-refractivity contribution in [3.8, 4) is 0 Å². The predicted octanol–water partition coefficient (Wildman–Crippen LogP) is 4.20. The van der Waals surface area contributed by atoms with Crippen molar-refractivity contribution in [2.45, 2.75) is 45.7 Å². The Morgan fingerprint density at radius 1 is 1.21 bits per heavy atom. The fourth-order valence-electron chi connectivity index (χ4n) is 3.49. The molecule has 0 aliphatic carbocycles. The van der Waals surface area contributed by atoms with Crippen LogP contribution in [0, 0.1) is 17.6 Å². The Balaban J connectivity index is 1.54. The lowest BCUT2D eigenvalue weighted by atomic mass is 9.96. The van der Waals surface area contributed by atoms with Crippen LogP contribution in [0.4, 0.5) is 8.78 Å².